The molecule has 1 aliphatic carbocycles. The van der Waals surface area contributed by atoms with Crippen LogP contribution in [-0.2, 0) is 6.42 Å². The number of nitrogens with one attached hydrogen (secondary N) is 1. The van der Waals surface area contributed by atoms with Gasteiger partial charge in [0.2, 0.25) is 0 Å². The molecule has 2 heteroatoms. The molecule has 0 bridgehead atoms. The molecule has 0 radical (unpaired) electrons. The van der Waals surface area contributed by atoms with Crippen molar-refractivity contribution in [3.05, 3.63) is 30.1 Å². The van der Waals surface area contributed by atoms with Crippen LogP contribution in [0.5, 0.6) is 0 Å². The van der Waals surface area contributed by atoms with Crippen LogP contribution in [0.1, 0.15) is 63.9 Å². The Labute approximate surface area is 124 Å². The van der Waals surface area contributed by atoms with Crippen LogP contribution in [-0.4, -0.2) is 17.6 Å². The van der Waals surface area contributed by atoms with Crippen molar-refractivity contribution in [1.82, 2.24) is 10.3 Å². The second-order valence-electron chi connectivity index (χ2n) is 6.21. The lowest BCUT2D eigenvalue weighted by Gasteiger charge is -2.27. The zero-order valence-corrected chi connectivity index (χ0v) is 13.0. The molecule has 0 saturated heterocycles. The first kappa shape index (κ1) is 15.5. The highest BCUT2D eigenvalue weighted by atomic mass is 14.9. The van der Waals surface area contributed by atoms with Crippen molar-refractivity contribution >= 4 is 0 Å². The predicted octanol–water partition coefficient (Wildman–Crippen LogP) is 4.35. The molecule has 0 aliphatic heterocycles. The van der Waals surface area contributed by atoms with E-state index < -0.39 is 0 Å². The monoisotopic (exact) mass is 274 g/mol. The van der Waals surface area contributed by atoms with E-state index in [0.29, 0.717) is 6.04 Å². The molecular formula is C18H30N2. The maximum absolute atomic E-state index is 4.23. The van der Waals surface area contributed by atoms with E-state index in [2.05, 4.69) is 29.4 Å². The maximum atomic E-state index is 4.23. The highest BCUT2D eigenvalue weighted by molar-refractivity contribution is 5.08. The zero-order chi connectivity index (χ0) is 14.0. The van der Waals surface area contributed by atoms with Gasteiger partial charge in [-0.1, -0.05) is 38.7 Å². The summed E-state index contributed by atoms with van der Waals surface area (Å²) in [5.41, 5.74) is 1.38. The number of rotatable bonds is 7. The molecule has 1 aromatic heterocycles. The fourth-order valence-electron chi connectivity index (χ4n) is 3.42. The predicted molar refractivity (Wildman–Crippen MR) is 85.8 cm³/mol. The molecule has 2 rings (SSSR count). The van der Waals surface area contributed by atoms with Gasteiger partial charge in [0.05, 0.1) is 0 Å². The van der Waals surface area contributed by atoms with Crippen LogP contribution in [0.4, 0.5) is 0 Å². The topological polar surface area (TPSA) is 24.9 Å². The molecule has 1 atom stereocenters. The van der Waals surface area contributed by atoms with Gasteiger partial charge in [0.25, 0.3) is 0 Å². The Kier molecular flexibility index (Phi) is 7.07. The van der Waals surface area contributed by atoms with Gasteiger partial charge in [0.1, 0.15) is 0 Å². The van der Waals surface area contributed by atoms with Gasteiger partial charge in [0, 0.05) is 18.4 Å². The van der Waals surface area contributed by atoms with Gasteiger partial charge in [-0.15, -0.1) is 0 Å². The highest BCUT2D eigenvalue weighted by Crippen LogP contribution is 2.27. The van der Waals surface area contributed by atoms with Crippen molar-refractivity contribution in [3.8, 4) is 0 Å². The Bertz CT molecular complexity index is 342. The molecule has 2 nitrogen and oxygen atoms in total. The Morgan fingerprint density at radius 1 is 1.25 bits per heavy atom. The first-order chi connectivity index (χ1) is 9.90. The number of nitrogens with zero attached hydrogens (tertiary/aromatic N) is 1. The lowest BCUT2D eigenvalue weighted by Crippen LogP contribution is -2.37. The van der Waals surface area contributed by atoms with E-state index in [-0.39, 0.29) is 0 Å². The van der Waals surface area contributed by atoms with E-state index in [9.17, 15) is 0 Å². The third-order valence-electron chi connectivity index (χ3n) is 4.59. The summed E-state index contributed by atoms with van der Waals surface area (Å²) in [5.74, 6) is 0.890. The SMILES string of the molecule is CCCNC(CCc1cccnc1)C1CCCCCC1. The molecule has 1 heterocycles. The third-order valence-corrected chi connectivity index (χ3v) is 4.59. The minimum Gasteiger partial charge on any atom is -0.314 e. The first-order valence-corrected chi connectivity index (χ1v) is 8.52. The van der Waals surface area contributed by atoms with Crippen molar-refractivity contribution < 1.29 is 0 Å². The Balaban J connectivity index is 1.88. The molecule has 1 saturated carbocycles. The summed E-state index contributed by atoms with van der Waals surface area (Å²) < 4.78 is 0. The fourth-order valence-corrected chi connectivity index (χ4v) is 3.42. The van der Waals surface area contributed by atoms with Gasteiger partial charge < -0.3 is 5.32 Å². The molecule has 1 N–H and O–H groups in total. The second-order valence-corrected chi connectivity index (χ2v) is 6.21. The van der Waals surface area contributed by atoms with Gasteiger partial charge in [-0.2, -0.15) is 0 Å². The van der Waals surface area contributed by atoms with Crippen molar-refractivity contribution in [2.45, 2.75) is 70.8 Å². The molecule has 1 aliphatic rings. The van der Waals surface area contributed by atoms with Crippen molar-refractivity contribution in [3.63, 3.8) is 0 Å². The lowest BCUT2D eigenvalue weighted by molar-refractivity contribution is 0.305. The highest BCUT2D eigenvalue weighted by Gasteiger charge is 2.21. The van der Waals surface area contributed by atoms with Crippen LogP contribution in [0.15, 0.2) is 24.5 Å². The van der Waals surface area contributed by atoms with E-state index >= 15 is 0 Å². The minimum atomic E-state index is 0.702. The molecule has 0 aromatic carbocycles. The van der Waals surface area contributed by atoms with Crippen LogP contribution in [0.3, 0.4) is 0 Å². The van der Waals surface area contributed by atoms with Crippen LogP contribution >= 0.6 is 0 Å². The van der Waals surface area contributed by atoms with Gasteiger partial charge in [-0.3, -0.25) is 4.98 Å². The smallest absolute Gasteiger partial charge is 0.0299 e. The first-order valence-electron chi connectivity index (χ1n) is 8.52. The van der Waals surface area contributed by atoms with E-state index in [4.69, 9.17) is 0 Å². The van der Waals surface area contributed by atoms with Gasteiger partial charge in [0.15, 0.2) is 0 Å². The average molecular weight is 274 g/mol. The standard InChI is InChI=1S/C18H30N2/c1-2-13-20-18(17-9-5-3-4-6-10-17)12-11-16-8-7-14-19-15-16/h7-8,14-15,17-18,20H,2-6,9-13H2,1H3. The summed E-state index contributed by atoms with van der Waals surface area (Å²) in [4.78, 5) is 4.23. The number of hydrogen-bond donors (Lipinski definition) is 1. The zero-order valence-electron chi connectivity index (χ0n) is 13.0. The van der Waals surface area contributed by atoms with E-state index in [0.717, 1.165) is 18.9 Å². The molecule has 1 fully saturated rings. The Morgan fingerprint density at radius 3 is 2.70 bits per heavy atom. The summed E-state index contributed by atoms with van der Waals surface area (Å²) in [6, 6.07) is 4.96. The quantitative estimate of drug-likeness (QED) is 0.748. The minimum absolute atomic E-state index is 0.702. The summed E-state index contributed by atoms with van der Waals surface area (Å²) in [6.45, 7) is 3.42. The summed E-state index contributed by atoms with van der Waals surface area (Å²) in [7, 11) is 0. The van der Waals surface area contributed by atoms with E-state index in [1.807, 2.05) is 12.4 Å². The van der Waals surface area contributed by atoms with Crippen molar-refractivity contribution in [2.75, 3.05) is 6.54 Å². The molecule has 112 valence electrons. The van der Waals surface area contributed by atoms with Gasteiger partial charge >= 0.3 is 0 Å². The number of aromatic nitrogens is 1. The maximum Gasteiger partial charge on any atom is 0.0299 e. The molecule has 0 amide bonds. The van der Waals surface area contributed by atoms with Gasteiger partial charge in [-0.25, -0.2) is 0 Å². The number of pyridine rings is 1. The van der Waals surface area contributed by atoms with E-state index in [1.54, 1.807) is 0 Å². The molecule has 1 unspecified atom stereocenters. The van der Waals surface area contributed by atoms with Crippen LogP contribution < -0.4 is 5.32 Å². The van der Waals surface area contributed by atoms with Crippen molar-refractivity contribution in [1.29, 1.82) is 0 Å². The van der Waals surface area contributed by atoms with Crippen LogP contribution in [0.25, 0.3) is 0 Å². The molecular weight excluding hydrogens is 244 g/mol. The molecule has 0 spiro atoms. The Morgan fingerprint density at radius 2 is 2.05 bits per heavy atom. The van der Waals surface area contributed by atoms with Gasteiger partial charge in [-0.05, 0) is 56.2 Å². The largest absolute Gasteiger partial charge is 0.314 e. The average Bonchev–Trinajstić information content (AvgIpc) is 2.78. The number of aryl methyl sites for hydroxylation is 1. The van der Waals surface area contributed by atoms with Crippen LogP contribution in [0, 0.1) is 5.92 Å². The molecule has 20 heavy (non-hydrogen) atoms. The van der Waals surface area contributed by atoms with Crippen molar-refractivity contribution in [2.24, 2.45) is 5.92 Å². The normalized spacial score (nSPS) is 18.6. The Hall–Kier alpha value is -0.890. The lowest BCUT2D eigenvalue weighted by atomic mass is 9.88. The van der Waals surface area contributed by atoms with Crippen LogP contribution in [0.2, 0.25) is 0 Å². The molecule has 1 aromatic rings. The summed E-state index contributed by atoms with van der Waals surface area (Å²) >= 11 is 0. The second kappa shape index (κ2) is 9.12. The summed E-state index contributed by atoms with van der Waals surface area (Å²) in [6.07, 6.45) is 16.1. The summed E-state index contributed by atoms with van der Waals surface area (Å²) in [5, 5.41) is 3.82. The fraction of sp³-hybridized carbons (Fsp3) is 0.722. The third kappa shape index (κ3) is 5.24. The van der Waals surface area contributed by atoms with E-state index in [1.165, 1.54) is 56.9 Å². The number of hydrogen-bond acceptors (Lipinski definition) is 2.